The molecule has 0 unspecified atom stereocenters. The number of carbonyl (C=O) groups is 1. The van der Waals surface area contributed by atoms with Crippen LogP contribution in [0.25, 0.3) is 0 Å². The predicted molar refractivity (Wildman–Crippen MR) is 109 cm³/mol. The van der Waals surface area contributed by atoms with Crippen molar-refractivity contribution in [3.63, 3.8) is 0 Å². The van der Waals surface area contributed by atoms with Crippen LogP contribution in [0, 0.1) is 5.92 Å². The fraction of sp³-hybridized carbons (Fsp3) is 0.458. The fourth-order valence-corrected chi connectivity index (χ4v) is 5.30. The number of carboxylic acid groups (broad SMARTS) is 1. The van der Waals surface area contributed by atoms with Gasteiger partial charge in [0.15, 0.2) is 0 Å². The number of hydrogen-bond acceptors (Lipinski definition) is 4. The topological polar surface area (TPSA) is 59.0 Å². The van der Waals surface area contributed by atoms with Gasteiger partial charge in [-0.05, 0) is 50.5 Å². The predicted octanol–water partition coefficient (Wildman–Crippen LogP) is 4.28. The van der Waals surface area contributed by atoms with Crippen LogP contribution in [-0.4, -0.2) is 40.3 Å². The Morgan fingerprint density at radius 1 is 1.17 bits per heavy atom. The van der Waals surface area contributed by atoms with Gasteiger partial charge in [0, 0.05) is 30.6 Å². The molecule has 29 heavy (non-hydrogen) atoms. The van der Waals surface area contributed by atoms with Crippen LogP contribution >= 0.6 is 0 Å². The summed E-state index contributed by atoms with van der Waals surface area (Å²) in [7, 11) is 0. The van der Waals surface area contributed by atoms with Gasteiger partial charge in [-0.2, -0.15) is 0 Å². The number of ether oxygens (including phenoxy) is 2. The first-order valence-electron chi connectivity index (χ1n) is 10.4. The van der Waals surface area contributed by atoms with E-state index in [0.29, 0.717) is 17.5 Å². The van der Waals surface area contributed by atoms with E-state index in [1.54, 1.807) is 12.1 Å². The Labute approximate surface area is 171 Å². The van der Waals surface area contributed by atoms with Crippen LogP contribution in [0.3, 0.4) is 0 Å². The molecular formula is C24H27NO4. The lowest BCUT2D eigenvalue weighted by Crippen LogP contribution is -2.53. The number of hydrogen-bond donors (Lipinski definition) is 1. The smallest absolute Gasteiger partial charge is 0.335 e. The monoisotopic (exact) mass is 393 g/mol. The molecule has 152 valence electrons. The van der Waals surface area contributed by atoms with Crippen molar-refractivity contribution in [1.29, 1.82) is 0 Å². The molecule has 2 fully saturated rings. The normalized spacial score (nSPS) is 30.0. The second-order valence-electron chi connectivity index (χ2n) is 9.01. The lowest BCUT2D eigenvalue weighted by molar-refractivity contribution is -0.162. The lowest BCUT2D eigenvalue weighted by atomic mass is 9.74. The van der Waals surface area contributed by atoms with Crippen LogP contribution in [0.5, 0.6) is 5.75 Å². The number of nitrogens with zero attached hydrogens (tertiary/aromatic N) is 1. The highest BCUT2D eigenvalue weighted by Gasteiger charge is 2.52. The highest BCUT2D eigenvalue weighted by Crippen LogP contribution is 2.52. The summed E-state index contributed by atoms with van der Waals surface area (Å²) in [5.41, 5.74) is 2.37. The first-order chi connectivity index (χ1) is 13.9. The molecule has 0 aromatic heterocycles. The maximum Gasteiger partial charge on any atom is 0.335 e. The van der Waals surface area contributed by atoms with Crippen LogP contribution in [0.2, 0.25) is 0 Å². The van der Waals surface area contributed by atoms with E-state index in [0.717, 1.165) is 37.2 Å². The molecular weight excluding hydrogens is 366 g/mol. The Morgan fingerprint density at radius 3 is 2.69 bits per heavy atom. The number of carboxylic acids is 1. The molecule has 2 saturated heterocycles. The second-order valence-corrected chi connectivity index (χ2v) is 9.01. The van der Waals surface area contributed by atoms with E-state index in [1.807, 2.05) is 24.3 Å². The van der Waals surface area contributed by atoms with Crippen molar-refractivity contribution in [2.75, 3.05) is 6.54 Å². The number of fused-ring (bicyclic) bond motifs is 4. The van der Waals surface area contributed by atoms with Crippen molar-refractivity contribution < 1.29 is 19.4 Å². The van der Waals surface area contributed by atoms with Gasteiger partial charge in [-0.1, -0.05) is 30.3 Å². The van der Waals surface area contributed by atoms with Crippen molar-refractivity contribution in [2.24, 2.45) is 5.92 Å². The average Bonchev–Trinajstić information content (AvgIpc) is 3.09. The van der Waals surface area contributed by atoms with E-state index in [-0.39, 0.29) is 17.8 Å². The van der Waals surface area contributed by atoms with Gasteiger partial charge < -0.3 is 14.6 Å². The Hall–Kier alpha value is -2.37. The molecule has 5 heteroatoms. The van der Waals surface area contributed by atoms with Crippen molar-refractivity contribution >= 4 is 5.97 Å². The molecule has 3 aliphatic heterocycles. The van der Waals surface area contributed by atoms with Gasteiger partial charge in [-0.25, -0.2) is 4.79 Å². The molecule has 3 aliphatic rings. The SMILES string of the molecule is CC1(C)Oc2ccccc2[C@@H]2O[C@@H]3CCN(Cc4ccc(C(=O)O)cc4)[C@@H]3C[C@H]21. The Balaban J connectivity index is 1.36. The molecule has 3 heterocycles. The minimum absolute atomic E-state index is 0.0889. The average molecular weight is 393 g/mol. The summed E-state index contributed by atoms with van der Waals surface area (Å²) in [5.74, 6) is 0.364. The van der Waals surface area contributed by atoms with Gasteiger partial charge in [0.1, 0.15) is 11.4 Å². The molecule has 1 N–H and O–H groups in total. The standard InChI is InChI=1S/C24H27NO4/c1-24(2)18-13-19-21(28-22(18)17-5-3-4-6-20(17)29-24)11-12-25(19)14-15-7-9-16(10-8-15)23(26)27/h3-10,18-19,21-22H,11-14H2,1-2H3,(H,26,27)/t18-,19-,21-,22+/m1/s1. The van der Waals surface area contributed by atoms with Crippen molar-refractivity contribution in [2.45, 2.75) is 57.1 Å². The maximum atomic E-state index is 11.1. The van der Waals surface area contributed by atoms with Gasteiger partial charge >= 0.3 is 5.97 Å². The molecule has 5 rings (SSSR count). The number of rotatable bonds is 3. The largest absolute Gasteiger partial charge is 0.487 e. The summed E-state index contributed by atoms with van der Waals surface area (Å²) in [6.07, 6.45) is 2.40. The summed E-state index contributed by atoms with van der Waals surface area (Å²) in [6, 6.07) is 15.9. The Kier molecular flexibility index (Phi) is 4.41. The summed E-state index contributed by atoms with van der Waals surface area (Å²) < 4.78 is 13.1. The van der Waals surface area contributed by atoms with Gasteiger partial charge in [0.25, 0.3) is 0 Å². The van der Waals surface area contributed by atoms with Crippen molar-refractivity contribution in [3.8, 4) is 5.75 Å². The van der Waals surface area contributed by atoms with Gasteiger partial charge in [0.2, 0.25) is 0 Å². The van der Waals surface area contributed by atoms with Crippen molar-refractivity contribution in [1.82, 2.24) is 4.90 Å². The molecule has 0 radical (unpaired) electrons. The van der Waals surface area contributed by atoms with E-state index in [4.69, 9.17) is 14.6 Å². The molecule has 0 saturated carbocycles. The summed E-state index contributed by atoms with van der Waals surface area (Å²) >= 11 is 0. The van der Waals surface area contributed by atoms with Crippen LogP contribution in [0.1, 0.15) is 54.3 Å². The van der Waals surface area contributed by atoms with E-state index in [2.05, 4.69) is 30.9 Å². The van der Waals surface area contributed by atoms with E-state index < -0.39 is 5.97 Å². The highest BCUT2D eigenvalue weighted by molar-refractivity contribution is 5.87. The first-order valence-corrected chi connectivity index (χ1v) is 10.4. The third kappa shape index (κ3) is 3.22. The molecule has 0 amide bonds. The maximum absolute atomic E-state index is 11.1. The second kappa shape index (κ2) is 6.85. The number of para-hydroxylation sites is 1. The number of benzene rings is 2. The van der Waals surface area contributed by atoms with E-state index in [9.17, 15) is 4.79 Å². The molecule has 0 bridgehead atoms. The van der Waals surface area contributed by atoms with Gasteiger partial charge in [-0.3, -0.25) is 4.90 Å². The van der Waals surface area contributed by atoms with Gasteiger partial charge in [-0.15, -0.1) is 0 Å². The van der Waals surface area contributed by atoms with Crippen molar-refractivity contribution in [3.05, 3.63) is 65.2 Å². The van der Waals surface area contributed by atoms with Crippen LogP contribution in [-0.2, 0) is 11.3 Å². The number of likely N-dealkylation sites (tertiary alicyclic amines) is 1. The van der Waals surface area contributed by atoms with E-state index in [1.165, 1.54) is 5.56 Å². The quantitative estimate of drug-likeness (QED) is 0.844. The zero-order valence-corrected chi connectivity index (χ0v) is 16.9. The zero-order chi connectivity index (χ0) is 20.2. The van der Waals surface area contributed by atoms with Crippen LogP contribution < -0.4 is 4.74 Å². The highest BCUT2D eigenvalue weighted by atomic mass is 16.5. The van der Waals surface area contributed by atoms with E-state index >= 15 is 0 Å². The third-order valence-electron chi connectivity index (χ3n) is 6.86. The minimum Gasteiger partial charge on any atom is -0.487 e. The third-order valence-corrected chi connectivity index (χ3v) is 6.86. The molecule has 0 aliphatic carbocycles. The molecule has 0 spiro atoms. The van der Waals surface area contributed by atoms with Crippen LogP contribution in [0.4, 0.5) is 0 Å². The molecule has 4 atom stereocenters. The van der Waals surface area contributed by atoms with Gasteiger partial charge in [0.05, 0.1) is 17.8 Å². The molecule has 5 nitrogen and oxygen atoms in total. The van der Waals surface area contributed by atoms with Crippen LogP contribution in [0.15, 0.2) is 48.5 Å². The molecule has 2 aromatic carbocycles. The first kappa shape index (κ1) is 18.6. The zero-order valence-electron chi connectivity index (χ0n) is 16.9. The molecule has 2 aromatic rings. The fourth-order valence-electron chi connectivity index (χ4n) is 5.30. The summed E-state index contributed by atoms with van der Waals surface area (Å²) in [4.78, 5) is 13.6. The summed E-state index contributed by atoms with van der Waals surface area (Å²) in [6.45, 7) is 6.17. The Bertz CT molecular complexity index is 923. The Morgan fingerprint density at radius 2 is 1.93 bits per heavy atom. The number of aromatic carboxylic acids is 1. The lowest BCUT2D eigenvalue weighted by Gasteiger charge is -2.50. The minimum atomic E-state index is -0.885. The summed E-state index contributed by atoms with van der Waals surface area (Å²) in [5, 5.41) is 9.10.